The number of nitrogens with zero attached hydrogens (tertiary/aromatic N) is 3. The molecule has 190 valence electrons. The van der Waals surface area contributed by atoms with Crippen LogP contribution in [0.15, 0.2) is 77.7 Å². The molecule has 37 heavy (non-hydrogen) atoms. The van der Waals surface area contributed by atoms with E-state index in [-0.39, 0.29) is 11.0 Å². The number of carbonyl (C=O) groups excluding carboxylic acids is 1. The van der Waals surface area contributed by atoms with E-state index in [9.17, 15) is 14.7 Å². The molecule has 2 atom stereocenters. The Morgan fingerprint density at radius 2 is 1.76 bits per heavy atom. The molecule has 5 rings (SSSR count). The summed E-state index contributed by atoms with van der Waals surface area (Å²) in [6, 6.07) is 19.7. The molecule has 2 amide bonds. The van der Waals surface area contributed by atoms with Crippen molar-refractivity contribution in [2.24, 2.45) is 7.05 Å². The van der Waals surface area contributed by atoms with Gasteiger partial charge in [0.15, 0.2) is 0 Å². The Labute approximate surface area is 215 Å². The molecule has 1 aliphatic carbocycles. The highest BCUT2D eigenvalue weighted by Gasteiger charge is 2.39. The molecule has 0 spiro atoms. The number of amides is 2. The van der Waals surface area contributed by atoms with E-state index in [1.54, 1.807) is 24.0 Å². The van der Waals surface area contributed by atoms with Crippen LogP contribution < -0.4 is 16.2 Å². The van der Waals surface area contributed by atoms with Crippen LogP contribution in [0.5, 0.6) is 0 Å². The molecule has 8 heteroatoms. The number of fused-ring (bicyclic) bond motifs is 1. The van der Waals surface area contributed by atoms with Crippen LogP contribution >= 0.6 is 0 Å². The molecule has 0 aliphatic heterocycles. The van der Waals surface area contributed by atoms with Gasteiger partial charge in [0.1, 0.15) is 5.82 Å². The Balaban J connectivity index is 1.50. The third kappa shape index (κ3) is 4.56. The third-order valence-electron chi connectivity index (χ3n) is 7.13. The minimum Gasteiger partial charge on any atom is -0.391 e. The minimum atomic E-state index is -0.725. The monoisotopic (exact) mass is 497 g/mol. The van der Waals surface area contributed by atoms with Gasteiger partial charge in [-0.2, -0.15) is 5.10 Å². The number of aliphatic hydroxyl groups excluding tert-OH is 1. The van der Waals surface area contributed by atoms with Gasteiger partial charge in [0.05, 0.1) is 23.5 Å². The number of carbonyl (C=O) groups is 1. The van der Waals surface area contributed by atoms with E-state index in [4.69, 9.17) is 5.10 Å². The molecule has 2 heterocycles. The van der Waals surface area contributed by atoms with Crippen molar-refractivity contribution in [1.82, 2.24) is 19.7 Å². The second kappa shape index (κ2) is 9.37. The molecule has 2 aromatic heterocycles. The first-order valence-electron chi connectivity index (χ1n) is 12.3. The lowest BCUT2D eigenvalue weighted by Crippen LogP contribution is -2.45. The number of aryl methyl sites for hydroxylation is 1. The van der Waals surface area contributed by atoms with Crippen molar-refractivity contribution in [1.29, 1.82) is 0 Å². The SMILES string of the molecule is Cc1c(-c2ccc(=O)n(C)c2)nn(-c2ccccc2)c1NC(=O)NC1c2ccccc2C(C)(C)CC1O. The van der Waals surface area contributed by atoms with E-state index >= 15 is 0 Å². The van der Waals surface area contributed by atoms with Crippen LogP contribution in [0.25, 0.3) is 16.9 Å². The molecule has 2 aromatic carbocycles. The Kier molecular flexibility index (Phi) is 6.21. The van der Waals surface area contributed by atoms with Crippen molar-refractivity contribution in [3.8, 4) is 16.9 Å². The second-order valence-electron chi connectivity index (χ2n) is 10.3. The Morgan fingerprint density at radius 3 is 2.49 bits per heavy atom. The summed E-state index contributed by atoms with van der Waals surface area (Å²) in [5.41, 5.74) is 4.67. The molecule has 0 saturated heterocycles. The molecule has 3 N–H and O–H groups in total. The number of hydrogen-bond donors (Lipinski definition) is 3. The maximum absolute atomic E-state index is 13.4. The molecule has 0 fully saturated rings. The summed E-state index contributed by atoms with van der Waals surface area (Å²) in [6.45, 7) is 6.10. The normalized spacial score (nSPS) is 18.2. The maximum atomic E-state index is 13.4. The topological polar surface area (TPSA) is 101 Å². The summed E-state index contributed by atoms with van der Waals surface area (Å²) in [5, 5.41) is 21.7. The summed E-state index contributed by atoms with van der Waals surface area (Å²) in [7, 11) is 1.69. The summed E-state index contributed by atoms with van der Waals surface area (Å²) in [4.78, 5) is 25.3. The van der Waals surface area contributed by atoms with Gasteiger partial charge in [0, 0.05) is 30.4 Å². The Morgan fingerprint density at radius 1 is 1.05 bits per heavy atom. The van der Waals surface area contributed by atoms with Crippen LogP contribution in [-0.4, -0.2) is 31.6 Å². The highest BCUT2D eigenvalue weighted by molar-refractivity contribution is 5.91. The molecule has 4 aromatic rings. The number of pyridine rings is 1. The number of aliphatic hydroxyl groups is 1. The molecular weight excluding hydrogens is 466 g/mol. The zero-order chi connectivity index (χ0) is 26.3. The minimum absolute atomic E-state index is 0.115. The maximum Gasteiger partial charge on any atom is 0.320 e. The summed E-state index contributed by atoms with van der Waals surface area (Å²) in [6.07, 6.45) is 1.54. The van der Waals surface area contributed by atoms with Crippen molar-refractivity contribution in [2.45, 2.75) is 44.8 Å². The first-order valence-corrected chi connectivity index (χ1v) is 12.3. The lowest BCUT2D eigenvalue weighted by molar-refractivity contribution is 0.0883. The molecule has 8 nitrogen and oxygen atoms in total. The van der Waals surface area contributed by atoms with Crippen molar-refractivity contribution in [3.05, 3.63) is 100.0 Å². The Bertz CT molecular complexity index is 1520. The largest absolute Gasteiger partial charge is 0.391 e. The number of aromatic nitrogens is 3. The number of nitrogens with one attached hydrogen (secondary N) is 2. The average Bonchev–Trinajstić information content (AvgIpc) is 3.19. The number of rotatable bonds is 4. The van der Waals surface area contributed by atoms with Crippen molar-refractivity contribution < 1.29 is 9.90 Å². The van der Waals surface area contributed by atoms with Crippen LogP contribution in [0.3, 0.4) is 0 Å². The fraction of sp³-hybridized carbons (Fsp3) is 0.276. The summed E-state index contributed by atoms with van der Waals surface area (Å²) < 4.78 is 3.18. The van der Waals surface area contributed by atoms with Gasteiger partial charge in [-0.3, -0.25) is 10.1 Å². The fourth-order valence-electron chi connectivity index (χ4n) is 5.21. The van der Waals surface area contributed by atoms with Gasteiger partial charge in [0.2, 0.25) is 5.56 Å². The van der Waals surface area contributed by atoms with Crippen LogP contribution in [0.4, 0.5) is 10.6 Å². The van der Waals surface area contributed by atoms with E-state index in [0.29, 0.717) is 17.9 Å². The smallest absolute Gasteiger partial charge is 0.320 e. The van der Waals surface area contributed by atoms with Gasteiger partial charge in [-0.1, -0.05) is 56.3 Å². The number of hydrogen-bond acceptors (Lipinski definition) is 4. The first-order chi connectivity index (χ1) is 17.7. The third-order valence-corrected chi connectivity index (χ3v) is 7.13. The predicted octanol–water partition coefficient (Wildman–Crippen LogP) is 4.45. The molecule has 0 saturated carbocycles. The van der Waals surface area contributed by atoms with E-state index < -0.39 is 18.2 Å². The van der Waals surface area contributed by atoms with Crippen molar-refractivity contribution in [2.75, 3.05) is 5.32 Å². The fourth-order valence-corrected chi connectivity index (χ4v) is 5.21. The van der Waals surface area contributed by atoms with Crippen molar-refractivity contribution in [3.63, 3.8) is 0 Å². The zero-order valence-electron chi connectivity index (χ0n) is 21.4. The number of anilines is 1. The van der Waals surface area contributed by atoms with Gasteiger partial charge in [-0.05, 0) is 48.1 Å². The van der Waals surface area contributed by atoms with E-state index in [2.05, 4.69) is 30.5 Å². The Hall–Kier alpha value is -4.17. The number of para-hydroxylation sites is 1. The highest BCUT2D eigenvalue weighted by Crippen LogP contribution is 2.41. The predicted molar refractivity (Wildman–Crippen MR) is 144 cm³/mol. The van der Waals surface area contributed by atoms with Crippen LogP contribution in [0, 0.1) is 6.92 Å². The van der Waals surface area contributed by atoms with E-state index in [1.807, 2.05) is 55.5 Å². The van der Waals surface area contributed by atoms with E-state index in [0.717, 1.165) is 27.9 Å². The van der Waals surface area contributed by atoms with Gasteiger partial charge >= 0.3 is 6.03 Å². The van der Waals surface area contributed by atoms with Gasteiger partial charge in [-0.15, -0.1) is 0 Å². The molecule has 2 unspecified atom stereocenters. The first kappa shape index (κ1) is 24.5. The number of urea groups is 1. The zero-order valence-corrected chi connectivity index (χ0v) is 21.4. The van der Waals surface area contributed by atoms with Crippen molar-refractivity contribution >= 4 is 11.8 Å². The molecule has 1 aliphatic rings. The molecular formula is C29H31N5O3. The summed E-state index contributed by atoms with van der Waals surface area (Å²) in [5.74, 6) is 0.506. The quantitative estimate of drug-likeness (QED) is 0.388. The second-order valence-corrected chi connectivity index (χ2v) is 10.3. The van der Waals surface area contributed by atoms with Gasteiger partial charge in [-0.25, -0.2) is 9.48 Å². The lowest BCUT2D eigenvalue weighted by Gasteiger charge is -2.40. The lowest BCUT2D eigenvalue weighted by atomic mass is 9.70. The summed E-state index contributed by atoms with van der Waals surface area (Å²) >= 11 is 0. The van der Waals surface area contributed by atoms with Crippen LogP contribution in [0.1, 0.15) is 43.0 Å². The molecule has 0 radical (unpaired) electrons. The van der Waals surface area contributed by atoms with Crippen LogP contribution in [0.2, 0.25) is 0 Å². The molecule has 0 bridgehead atoms. The highest BCUT2D eigenvalue weighted by atomic mass is 16.3. The van der Waals surface area contributed by atoms with Gasteiger partial charge in [0.25, 0.3) is 0 Å². The standard InChI is InChI=1S/C29H31N5O3/c1-18-25(19-14-15-24(36)33(4)17-19)32-34(20-10-6-5-7-11-20)27(18)31-28(37)30-26-21-12-8-9-13-22(21)29(2,3)16-23(26)35/h5-15,17,23,26,35H,16H2,1-4H3,(H2,30,31,37). The van der Waals surface area contributed by atoms with Gasteiger partial charge < -0.3 is 15.0 Å². The van der Waals surface area contributed by atoms with E-state index in [1.165, 1.54) is 10.6 Å². The van der Waals surface area contributed by atoms with Crippen LogP contribution in [-0.2, 0) is 12.5 Å². The average molecular weight is 498 g/mol. The number of benzene rings is 2.